The Morgan fingerprint density at radius 2 is 1.91 bits per heavy atom. The van der Waals surface area contributed by atoms with E-state index in [-0.39, 0.29) is 34.3 Å². The number of nitrogens with one attached hydrogen (secondary N) is 1. The second-order valence-electron chi connectivity index (χ2n) is 6.59. The molecule has 3 rings (SSSR count). The lowest BCUT2D eigenvalue weighted by molar-refractivity contribution is -0.384. The topological polar surface area (TPSA) is 145 Å². The summed E-state index contributed by atoms with van der Waals surface area (Å²) >= 11 is 5.70. The first-order valence-electron chi connectivity index (χ1n) is 9.27. The molecule has 0 saturated carbocycles. The Balaban J connectivity index is 1.62. The second kappa shape index (κ2) is 10.0. The molecule has 0 aromatic heterocycles. The van der Waals surface area contributed by atoms with Crippen molar-refractivity contribution in [2.24, 2.45) is 0 Å². The smallest absolute Gasteiger partial charge is 0.338 e. The van der Waals surface area contributed by atoms with Crippen molar-refractivity contribution in [2.75, 3.05) is 38.2 Å². The van der Waals surface area contributed by atoms with Crippen LogP contribution in [0.1, 0.15) is 10.4 Å². The van der Waals surface area contributed by atoms with Crippen molar-refractivity contribution < 1.29 is 32.4 Å². The number of anilines is 1. The molecule has 2 aromatic rings. The van der Waals surface area contributed by atoms with E-state index >= 15 is 0 Å². The Bertz CT molecular complexity index is 1150. The molecule has 11 nitrogen and oxygen atoms in total. The van der Waals surface area contributed by atoms with Gasteiger partial charge in [-0.3, -0.25) is 14.9 Å². The van der Waals surface area contributed by atoms with E-state index in [9.17, 15) is 28.1 Å². The number of halogens is 1. The van der Waals surface area contributed by atoms with E-state index < -0.39 is 39.1 Å². The van der Waals surface area contributed by atoms with E-state index in [2.05, 4.69) is 5.32 Å². The van der Waals surface area contributed by atoms with Crippen LogP contribution in [-0.2, 0) is 24.3 Å². The van der Waals surface area contributed by atoms with Gasteiger partial charge < -0.3 is 14.8 Å². The molecule has 13 heteroatoms. The lowest BCUT2D eigenvalue weighted by atomic mass is 10.2. The van der Waals surface area contributed by atoms with Crippen molar-refractivity contribution in [1.29, 1.82) is 0 Å². The molecule has 0 unspecified atom stereocenters. The number of nitro benzene ring substituents is 1. The number of nitrogens with zero attached hydrogens (tertiary/aromatic N) is 2. The maximum absolute atomic E-state index is 12.7. The number of hydrogen-bond donors (Lipinski definition) is 1. The Morgan fingerprint density at radius 1 is 1.19 bits per heavy atom. The number of esters is 1. The van der Waals surface area contributed by atoms with Gasteiger partial charge in [0.15, 0.2) is 6.61 Å². The lowest BCUT2D eigenvalue weighted by Gasteiger charge is -2.26. The third-order valence-electron chi connectivity index (χ3n) is 4.44. The largest absolute Gasteiger partial charge is 0.452 e. The Morgan fingerprint density at radius 3 is 2.59 bits per heavy atom. The number of benzene rings is 2. The molecular formula is C19H18ClN3O8S. The lowest BCUT2D eigenvalue weighted by Crippen LogP contribution is -2.40. The molecule has 1 saturated heterocycles. The summed E-state index contributed by atoms with van der Waals surface area (Å²) in [6.07, 6.45) is 0. The van der Waals surface area contributed by atoms with E-state index in [4.69, 9.17) is 21.1 Å². The van der Waals surface area contributed by atoms with Crippen LogP contribution in [0, 0.1) is 10.1 Å². The fourth-order valence-corrected chi connectivity index (χ4v) is 4.50. The van der Waals surface area contributed by atoms with Gasteiger partial charge in [0, 0.05) is 24.8 Å². The molecule has 32 heavy (non-hydrogen) atoms. The number of hydrogen-bond acceptors (Lipinski definition) is 8. The molecule has 1 heterocycles. The molecule has 2 aromatic carbocycles. The molecule has 0 atom stereocenters. The van der Waals surface area contributed by atoms with E-state index in [0.29, 0.717) is 13.2 Å². The van der Waals surface area contributed by atoms with Gasteiger partial charge in [-0.2, -0.15) is 4.31 Å². The number of carbonyl (C=O) groups is 2. The summed E-state index contributed by atoms with van der Waals surface area (Å²) in [6.45, 7) is 0.390. The molecule has 170 valence electrons. The maximum atomic E-state index is 12.7. The first-order chi connectivity index (χ1) is 15.2. The molecule has 0 radical (unpaired) electrons. The molecule has 1 fully saturated rings. The zero-order valence-electron chi connectivity index (χ0n) is 16.5. The van der Waals surface area contributed by atoms with Crippen LogP contribution in [0.25, 0.3) is 0 Å². The summed E-state index contributed by atoms with van der Waals surface area (Å²) in [5.41, 5.74) is -0.418. The third-order valence-corrected chi connectivity index (χ3v) is 6.65. The number of sulfonamides is 1. The molecule has 0 bridgehead atoms. The molecule has 1 N–H and O–H groups in total. The van der Waals surface area contributed by atoms with Crippen LogP contribution < -0.4 is 5.32 Å². The summed E-state index contributed by atoms with van der Waals surface area (Å²) < 4.78 is 36.8. The highest BCUT2D eigenvalue weighted by molar-refractivity contribution is 7.89. The molecule has 0 spiro atoms. The van der Waals surface area contributed by atoms with Crippen molar-refractivity contribution in [3.05, 3.63) is 63.2 Å². The number of amides is 1. The molecule has 0 aliphatic carbocycles. The fourth-order valence-electron chi connectivity index (χ4n) is 2.86. The van der Waals surface area contributed by atoms with Crippen LogP contribution in [0.3, 0.4) is 0 Å². The summed E-state index contributed by atoms with van der Waals surface area (Å²) in [6, 6.07) is 9.03. The van der Waals surface area contributed by atoms with E-state index in [1.165, 1.54) is 40.7 Å². The van der Waals surface area contributed by atoms with Gasteiger partial charge >= 0.3 is 5.97 Å². The van der Waals surface area contributed by atoms with Crippen molar-refractivity contribution in [3.63, 3.8) is 0 Å². The van der Waals surface area contributed by atoms with Gasteiger partial charge in [-0.05, 0) is 30.3 Å². The average Bonchev–Trinajstić information content (AvgIpc) is 2.78. The first kappa shape index (κ1) is 23.6. The molecule has 1 aliphatic heterocycles. The van der Waals surface area contributed by atoms with Crippen LogP contribution in [0.15, 0.2) is 47.4 Å². The van der Waals surface area contributed by atoms with E-state index in [0.717, 1.165) is 6.07 Å². The van der Waals surface area contributed by atoms with Gasteiger partial charge in [-0.15, -0.1) is 0 Å². The third kappa shape index (κ3) is 5.59. The summed E-state index contributed by atoms with van der Waals surface area (Å²) in [5.74, 6) is -1.67. The monoisotopic (exact) mass is 483 g/mol. The number of morpholine rings is 1. The van der Waals surface area contributed by atoms with Crippen LogP contribution in [-0.4, -0.2) is 62.4 Å². The first-order valence-corrected chi connectivity index (χ1v) is 11.1. The highest BCUT2D eigenvalue weighted by atomic mass is 35.5. The number of ether oxygens (including phenoxy) is 2. The minimum absolute atomic E-state index is 0.00247. The van der Waals surface area contributed by atoms with Crippen molar-refractivity contribution in [2.45, 2.75) is 4.90 Å². The predicted molar refractivity (Wildman–Crippen MR) is 113 cm³/mol. The summed E-state index contributed by atoms with van der Waals surface area (Å²) in [7, 11) is -3.75. The van der Waals surface area contributed by atoms with Gasteiger partial charge in [0.2, 0.25) is 10.0 Å². The van der Waals surface area contributed by atoms with Crippen LogP contribution >= 0.6 is 11.6 Å². The molecule has 1 amide bonds. The Kier molecular flexibility index (Phi) is 7.40. The van der Waals surface area contributed by atoms with Crippen LogP contribution in [0.5, 0.6) is 0 Å². The van der Waals surface area contributed by atoms with Crippen molar-refractivity contribution >= 4 is 44.9 Å². The van der Waals surface area contributed by atoms with Gasteiger partial charge in [-0.1, -0.05) is 17.7 Å². The van der Waals surface area contributed by atoms with Gasteiger partial charge in [0.05, 0.1) is 28.6 Å². The van der Waals surface area contributed by atoms with Crippen LogP contribution in [0.4, 0.5) is 11.4 Å². The fraction of sp³-hybridized carbons (Fsp3) is 0.263. The zero-order valence-corrected chi connectivity index (χ0v) is 18.1. The minimum Gasteiger partial charge on any atom is -0.452 e. The highest BCUT2D eigenvalue weighted by Crippen LogP contribution is 2.25. The number of rotatable bonds is 7. The number of nitro groups is 1. The molecule has 1 aliphatic rings. The van der Waals surface area contributed by atoms with E-state index in [1.807, 2.05) is 0 Å². The highest BCUT2D eigenvalue weighted by Gasteiger charge is 2.26. The van der Waals surface area contributed by atoms with Gasteiger partial charge in [-0.25, -0.2) is 13.2 Å². The minimum atomic E-state index is -3.75. The SMILES string of the molecule is O=C(COC(=O)c1ccc(Cl)c([N+](=O)[O-])c1)Nc1cccc(S(=O)(=O)N2CCOCC2)c1. The van der Waals surface area contributed by atoms with Crippen molar-refractivity contribution in [3.8, 4) is 0 Å². The van der Waals surface area contributed by atoms with Crippen molar-refractivity contribution in [1.82, 2.24) is 4.31 Å². The summed E-state index contributed by atoms with van der Waals surface area (Å²) in [4.78, 5) is 34.4. The quantitative estimate of drug-likeness (QED) is 0.358. The predicted octanol–water partition coefficient (Wildman–Crippen LogP) is 2.06. The van der Waals surface area contributed by atoms with E-state index in [1.54, 1.807) is 0 Å². The van der Waals surface area contributed by atoms with Crippen LogP contribution in [0.2, 0.25) is 5.02 Å². The maximum Gasteiger partial charge on any atom is 0.338 e. The molecular weight excluding hydrogens is 466 g/mol. The Labute approximate surface area is 188 Å². The van der Waals surface area contributed by atoms with Gasteiger partial charge in [0.1, 0.15) is 5.02 Å². The van der Waals surface area contributed by atoms with Gasteiger partial charge in [0.25, 0.3) is 11.6 Å². The summed E-state index contributed by atoms with van der Waals surface area (Å²) in [5, 5.41) is 13.2. The average molecular weight is 484 g/mol. The standard InChI is InChI=1S/C19H18ClN3O8S/c20-16-5-4-13(10-17(16)23(26)27)19(25)31-12-18(24)21-14-2-1-3-15(11-14)32(28,29)22-6-8-30-9-7-22/h1-5,10-11H,6-9,12H2,(H,21,24). The Hall–Kier alpha value is -3.06. The zero-order chi connectivity index (χ0) is 23.3. The normalized spacial score (nSPS) is 14.5. The number of carbonyl (C=O) groups excluding carboxylic acids is 2. The second-order valence-corrected chi connectivity index (χ2v) is 8.94.